The fraction of sp³-hybridized carbons (Fsp3) is 0.417. The molecule has 10 heteroatoms. The number of hydrogen-bond donors (Lipinski definition) is 2. The topological polar surface area (TPSA) is 92.7 Å². The molecular weight excluding hydrogens is 327 g/mol. The van der Waals surface area contributed by atoms with Crippen LogP contribution < -0.4 is 4.72 Å². The number of ether oxygens (including phenoxy) is 1. The first-order chi connectivity index (χ1) is 9.94. The molecule has 0 saturated heterocycles. The zero-order valence-electron chi connectivity index (χ0n) is 11.6. The van der Waals surface area contributed by atoms with Gasteiger partial charge in [0.2, 0.25) is 10.0 Å². The molecule has 0 heterocycles. The van der Waals surface area contributed by atoms with Crippen LogP contribution in [-0.4, -0.2) is 38.0 Å². The highest BCUT2D eigenvalue weighted by atomic mass is 32.2. The molecule has 0 saturated carbocycles. The van der Waals surface area contributed by atoms with Crippen molar-refractivity contribution in [3.63, 3.8) is 0 Å². The third-order valence-corrected chi connectivity index (χ3v) is 4.05. The summed E-state index contributed by atoms with van der Waals surface area (Å²) >= 11 is 0. The molecule has 124 valence electrons. The van der Waals surface area contributed by atoms with Gasteiger partial charge < -0.3 is 9.84 Å². The highest BCUT2D eigenvalue weighted by Crippen LogP contribution is 2.31. The SMILES string of the molecule is CCOC(=O)C(O)(NS(=O)(=O)c1ccc(C)cc1)C(F)(F)F. The molecule has 1 aromatic carbocycles. The lowest BCUT2D eigenvalue weighted by Gasteiger charge is -2.28. The van der Waals surface area contributed by atoms with Gasteiger partial charge in [0.1, 0.15) is 0 Å². The highest BCUT2D eigenvalue weighted by Gasteiger charge is 2.63. The van der Waals surface area contributed by atoms with Crippen LogP contribution in [0.5, 0.6) is 0 Å². The molecule has 0 radical (unpaired) electrons. The quantitative estimate of drug-likeness (QED) is 0.618. The van der Waals surface area contributed by atoms with Crippen molar-refractivity contribution in [1.29, 1.82) is 0 Å². The Hall–Kier alpha value is -1.65. The minimum atomic E-state index is -5.60. The summed E-state index contributed by atoms with van der Waals surface area (Å²) in [5, 5.41) is 9.51. The van der Waals surface area contributed by atoms with Gasteiger partial charge in [0.05, 0.1) is 11.5 Å². The number of halogens is 3. The van der Waals surface area contributed by atoms with E-state index < -0.39 is 39.4 Å². The number of hydrogen-bond acceptors (Lipinski definition) is 5. The van der Waals surface area contributed by atoms with Gasteiger partial charge in [-0.05, 0) is 26.0 Å². The predicted molar refractivity (Wildman–Crippen MR) is 69.1 cm³/mol. The average Bonchev–Trinajstić information content (AvgIpc) is 2.37. The van der Waals surface area contributed by atoms with E-state index in [9.17, 15) is 31.5 Å². The minimum Gasteiger partial charge on any atom is -0.463 e. The molecule has 0 aliphatic carbocycles. The van der Waals surface area contributed by atoms with E-state index >= 15 is 0 Å². The third kappa shape index (κ3) is 3.76. The predicted octanol–water partition coefficient (Wildman–Crippen LogP) is 1.09. The van der Waals surface area contributed by atoms with Crippen molar-refractivity contribution < 1.29 is 36.2 Å². The number of carbonyl (C=O) groups is 1. The molecule has 2 N–H and O–H groups in total. The van der Waals surface area contributed by atoms with Crippen molar-refractivity contribution in [3.05, 3.63) is 29.8 Å². The highest BCUT2D eigenvalue weighted by molar-refractivity contribution is 7.89. The average molecular weight is 341 g/mol. The van der Waals surface area contributed by atoms with Gasteiger partial charge >= 0.3 is 17.9 Å². The summed E-state index contributed by atoms with van der Waals surface area (Å²) in [5.41, 5.74) is -3.69. The van der Waals surface area contributed by atoms with E-state index in [2.05, 4.69) is 4.74 Å². The van der Waals surface area contributed by atoms with E-state index in [-0.39, 0.29) is 0 Å². The van der Waals surface area contributed by atoms with Crippen molar-refractivity contribution in [3.8, 4) is 0 Å². The first-order valence-electron chi connectivity index (χ1n) is 6.01. The molecule has 22 heavy (non-hydrogen) atoms. The van der Waals surface area contributed by atoms with Crippen molar-refractivity contribution in [2.45, 2.75) is 30.6 Å². The standard InChI is InChI=1S/C12H14F3NO5S/c1-3-21-10(17)11(18,12(13,14)15)16-22(19,20)9-6-4-8(2)5-7-9/h4-7,16,18H,3H2,1-2H3. The number of sulfonamides is 1. The normalized spacial score (nSPS) is 15.2. The van der Waals surface area contributed by atoms with Gasteiger partial charge in [0.25, 0.3) is 0 Å². The van der Waals surface area contributed by atoms with E-state index in [1.54, 1.807) is 6.92 Å². The summed E-state index contributed by atoms with van der Waals surface area (Å²) in [6.45, 7) is 2.39. The van der Waals surface area contributed by atoms with Gasteiger partial charge in [-0.3, -0.25) is 0 Å². The summed E-state index contributed by atoms with van der Waals surface area (Å²) < 4.78 is 67.7. The van der Waals surface area contributed by atoms with Crippen LogP contribution in [0.15, 0.2) is 29.2 Å². The van der Waals surface area contributed by atoms with E-state index in [0.717, 1.165) is 16.9 Å². The van der Waals surface area contributed by atoms with Gasteiger partial charge in [0, 0.05) is 0 Å². The van der Waals surface area contributed by atoms with E-state index in [0.29, 0.717) is 5.56 Å². The lowest BCUT2D eigenvalue weighted by atomic mass is 10.2. The zero-order valence-corrected chi connectivity index (χ0v) is 12.5. The number of rotatable bonds is 5. The molecule has 1 atom stereocenters. The number of nitrogens with one attached hydrogen (secondary N) is 1. The van der Waals surface area contributed by atoms with Crippen molar-refractivity contribution in [1.82, 2.24) is 4.72 Å². The Morgan fingerprint density at radius 1 is 1.27 bits per heavy atom. The number of aryl methyl sites for hydroxylation is 1. The van der Waals surface area contributed by atoms with E-state index in [4.69, 9.17) is 0 Å². The zero-order chi connectivity index (χ0) is 17.2. The Balaban J connectivity index is 3.24. The van der Waals surface area contributed by atoms with Gasteiger partial charge in [-0.15, -0.1) is 0 Å². The fourth-order valence-corrected chi connectivity index (χ4v) is 2.62. The third-order valence-electron chi connectivity index (χ3n) is 2.59. The summed E-state index contributed by atoms with van der Waals surface area (Å²) in [6.07, 6.45) is -5.60. The maximum Gasteiger partial charge on any atom is 0.443 e. The van der Waals surface area contributed by atoms with Gasteiger partial charge in [-0.25, -0.2) is 13.2 Å². The lowest BCUT2D eigenvalue weighted by molar-refractivity contribution is -0.266. The lowest BCUT2D eigenvalue weighted by Crippen LogP contribution is -2.64. The van der Waals surface area contributed by atoms with Crippen LogP contribution in [0, 0.1) is 6.92 Å². The summed E-state index contributed by atoms with van der Waals surface area (Å²) in [4.78, 5) is 10.8. The molecule has 1 unspecified atom stereocenters. The molecule has 1 rings (SSSR count). The molecule has 0 bridgehead atoms. The maximum atomic E-state index is 12.9. The molecule has 0 fully saturated rings. The largest absolute Gasteiger partial charge is 0.463 e. The number of esters is 1. The minimum absolute atomic E-state index is 0.469. The molecule has 0 aliphatic rings. The van der Waals surface area contributed by atoms with Crippen molar-refractivity contribution in [2.75, 3.05) is 6.61 Å². The van der Waals surface area contributed by atoms with Crippen molar-refractivity contribution in [2.24, 2.45) is 0 Å². The second kappa shape index (κ2) is 6.23. The van der Waals surface area contributed by atoms with Gasteiger partial charge in [-0.1, -0.05) is 17.7 Å². The van der Waals surface area contributed by atoms with Gasteiger partial charge in [-0.2, -0.15) is 17.9 Å². The first-order valence-corrected chi connectivity index (χ1v) is 7.49. The Labute approximate surface area is 124 Å². The molecule has 6 nitrogen and oxygen atoms in total. The number of carbonyl (C=O) groups excluding carboxylic acids is 1. The molecular formula is C12H14F3NO5S. The number of benzene rings is 1. The van der Waals surface area contributed by atoms with E-state index in [1.807, 2.05) is 0 Å². The smallest absolute Gasteiger partial charge is 0.443 e. The summed E-state index contributed by atoms with van der Waals surface area (Å²) in [6, 6.07) is 4.79. The maximum absolute atomic E-state index is 12.9. The Kier molecular flexibility index (Phi) is 5.21. The Morgan fingerprint density at radius 3 is 2.18 bits per heavy atom. The second-order valence-electron chi connectivity index (χ2n) is 4.35. The number of aliphatic hydroxyl groups is 1. The van der Waals surface area contributed by atoms with Gasteiger partial charge in [0.15, 0.2) is 0 Å². The first kappa shape index (κ1) is 18.4. The van der Waals surface area contributed by atoms with Crippen LogP contribution in [0.3, 0.4) is 0 Å². The summed E-state index contributed by atoms with van der Waals surface area (Å²) in [5.74, 6) is -2.15. The number of alkyl halides is 3. The molecule has 0 spiro atoms. The van der Waals surface area contributed by atoms with Crippen LogP contribution in [0.4, 0.5) is 13.2 Å². The van der Waals surface area contributed by atoms with E-state index in [1.165, 1.54) is 19.1 Å². The van der Waals surface area contributed by atoms with Crippen LogP contribution in [0.2, 0.25) is 0 Å². The molecule has 0 aromatic heterocycles. The monoisotopic (exact) mass is 341 g/mol. The van der Waals surface area contributed by atoms with Crippen LogP contribution in [-0.2, 0) is 19.6 Å². The molecule has 0 aliphatic heterocycles. The second-order valence-corrected chi connectivity index (χ2v) is 6.03. The Bertz CT molecular complexity index is 642. The fourth-order valence-electron chi connectivity index (χ4n) is 1.42. The van der Waals surface area contributed by atoms with Crippen LogP contribution in [0.25, 0.3) is 0 Å². The molecule has 0 amide bonds. The summed E-state index contributed by atoms with van der Waals surface area (Å²) in [7, 11) is -4.80. The van der Waals surface area contributed by atoms with Crippen LogP contribution in [0.1, 0.15) is 12.5 Å². The van der Waals surface area contributed by atoms with Crippen molar-refractivity contribution >= 4 is 16.0 Å². The van der Waals surface area contributed by atoms with Crippen LogP contribution >= 0.6 is 0 Å². The molecule has 1 aromatic rings. The Morgan fingerprint density at radius 2 is 1.77 bits per heavy atom.